The molecule has 0 unspecified atom stereocenters. The first-order chi connectivity index (χ1) is 23.7. The molecule has 0 atom stereocenters. The number of benzene rings is 6. The van der Waals surface area contributed by atoms with Gasteiger partial charge in [-0.15, -0.1) is 0 Å². The molecule has 8 rings (SSSR count). The lowest BCUT2D eigenvalue weighted by atomic mass is 9.97. The van der Waals surface area contributed by atoms with Gasteiger partial charge in [-0.1, -0.05) is 133 Å². The highest BCUT2D eigenvalue weighted by molar-refractivity contribution is 5.87. The number of aromatic nitrogens is 3. The number of hydrogen-bond acceptors (Lipinski definition) is 4. The van der Waals surface area contributed by atoms with Crippen LogP contribution in [0.5, 0.6) is 0 Å². The molecule has 0 aliphatic rings. The lowest BCUT2D eigenvalue weighted by Gasteiger charge is -2.13. The average molecular weight is 613 g/mol. The predicted octanol–water partition coefficient (Wildman–Crippen LogP) is 10.9. The quantitative estimate of drug-likeness (QED) is 0.187. The first-order valence-electron chi connectivity index (χ1n) is 15.8. The lowest BCUT2D eigenvalue weighted by molar-refractivity contribution is 1.29. The van der Waals surface area contributed by atoms with Crippen molar-refractivity contribution in [1.29, 1.82) is 5.26 Å². The molecule has 0 aliphatic heterocycles. The summed E-state index contributed by atoms with van der Waals surface area (Å²) in [6.07, 6.45) is 0. The van der Waals surface area contributed by atoms with Crippen LogP contribution in [0.4, 0.5) is 0 Å². The van der Waals surface area contributed by atoms with E-state index in [0.717, 1.165) is 78.3 Å². The summed E-state index contributed by atoms with van der Waals surface area (Å²) in [6, 6.07) is 59.7. The molecule has 0 N–H and O–H groups in total. The van der Waals surface area contributed by atoms with Crippen molar-refractivity contribution in [3.05, 3.63) is 175 Å². The van der Waals surface area contributed by atoms with E-state index in [0.29, 0.717) is 5.56 Å². The van der Waals surface area contributed by atoms with Gasteiger partial charge in [0.1, 0.15) is 0 Å². The van der Waals surface area contributed by atoms with Gasteiger partial charge >= 0.3 is 0 Å². The first kappa shape index (κ1) is 28.8. The van der Waals surface area contributed by atoms with Gasteiger partial charge in [0.2, 0.25) is 0 Å². The molecule has 0 saturated heterocycles. The molecule has 0 aliphatic carbocycles. The number of rotatable bonds is 6. The van der Waals surface area contributed by atoms with Gasteiger partial charge in [0.05, 0.1) is 45.4 Å². The summed E-state index contributed by atoms with van der Waals surface area (Å²) in [5.41, 5.74) is 14.2. The van der Waals surface area contributed by atoms with Gasteiger partial charge in [-0.05, 0) is 58.7 Å². The molecule has 2 heterocycles. The summed E-state index contributed by atoms with van der Waals surface area (Å²) in [5, 5.41) is 9.36. The fourth-order valence-corrected chi connectivity index (χ4v) is 6.02. The van der Waals surface area contributed by atoms with E-state index in [9.17, 15) is 5.26 Å². The molecule has 0 amide bonds. The van der Waals surface area contributed by atoms with Gasteiger partial charge in [-0.25, -0.2) is 15.0 Å². The molecule has 6 aromatic carbocycles. The van der Waals surface area contributed by atoms with Crippen molar-refractivity contribution in [2.45, 2.75) is 0 Å². The number of nitriles is 1. The number of hydrogen-bond donors (Lipinski definition) is 0. The Morgan fingerprint density at radius 1 is 0.333 bits per heavy atom. The van der Waals surface area contributed by atoms with Crippen LogP contribution in [0.3, 0.4) is 0 Å². The Bertz CT molecular complexity index is 2370. The number of fused-ring (bicyclic) bond motifs is 1. The van der Waals surface area contributed by atoms with Crippen molar-refractivity contribution < 1.29 is 0 Å². The van der Waals surface area contributed by atoms with Crippen LogP contribution in [0.2, 0.25) is 0 Å². The van der Waals surface area contributed by atoms with E-state index >= 15 is 0 Å². The molecule has 224 valence electrons. The third kappa shape index (κ3) is 5.73. The second-order valence-corrected chi connectivity index (χ2v) is 11.6. The average Bonchev–Trinajstić information content (AvgIpc) is 3.18. The Morgan fingerprint density at radius 3 is 1.27 bits per heavy atom. The van der Waals surface area contributed by atoms with Crippen molar-refractivity contribution in [3.63, 3.8) is 0 Å². The molecule has 48 heavy (non-hydrogen) atoms. The second-order valence-electron chi connectivity index (χ2n) is 11.6. The largest absolute Gasteiger partial charge is 0.248 e. The van der Waals surface area contributed by atoms with E-state index in [4.69, 9.17) is 15.0 Å². The third-order valence-corrected chi connectivity index (χ3v) is 8.51. The number of nitrogens with zero attached hydrogens (tertiary/aromatic N) is 4. The van der Waals surface area contributed by atoms with Gasteiger partial charge in [0.25, 0.3) is 0 Å². The van der Waals surface area contributed by atoms with Crippen LogP contribution in [0, 0.1) is 11.3 Å². The Labute approximate surface area is 279 Å². The van der Waals surface area contributed by atoms with Crippen LogP contribution in [-0.4, -0.2) is 15.0 Å². The third-order valence-electron chi connectivity index (χ3n) is 8.51. The summed E-state index contributed by atoms with van der Waals surface area (Å²) in [5.74, 6) is 0. The SMILES string of the molecule is N#Cc1cccc(-c2ccc(-c3nc4ccccc4nc3-c3ccc(-c4cc(-c5ccccc5)nc(-c5ccccc5)c4)cc3)cc2)c1. The van der Waals surface area contributed by atoms with Crippen LogP contribution in [-0.2, 0) is 0 Å². The van der Waals surface area contributed by atoms with E-state index < -0.39 is 0 Å². The van der Waals surface area contributed by atoms with Gasteiger partial charge in [-0.3, -0.25) is 0 Å². The van der Waals surface area contributed by atoms with Gasteiger partial charge in [-0.2, -0.15) is 5.26 Å². The second kappa shape index (κ2) is 12.6. The maximum absolute atomic E-state index is 9.36. The number of pyridine rings is 1. The van der Waals surface area contributed by atoms with Crippen molar-refractivity contribution >= 4 is 11.0 Å². The van der Waals surface area contributed by atoms with E-state index in [2.05, 4.69) is 91.0 Å². The van der Waals surface area contributed by atoms with Crippen LogP contribution in [0.1, 0.15) is 5.56 Å². The Hall–Kier alpha value is -6.70. The Morgan fingerprint density at radius 2 is 0.771 bits per heavy atom. The van der Waals surface area contributed by atoms with Crippen molar-refractivity contribution in [2.75, 3.05) is 0 Å². The highest BCUT2D eigenvalue weighted by Gasteiger charge is 2.15. The fourth-order valence-electron chi connectivity index (χ4n) is 6.02. The molecule has 4 nitrogen and oxygen atoms in total. The van der Waals surface area contributed by atoms with Crippen LogP contribution >= 0.6 is 0 Å². The van der Waals surface area contributed by atoms with Gasteiger partial charge in [0.15, 0.2) is 0 Å². The monoisotopic (exact) mass is 612 g/mol. The van der Waals surface area contributed by atoms with E-state index in [1.165, 1.54) is 0 Å². The smallest absolute Gasteiger partial charge is 0.0991 e. The van der Waals surface area contributed by atoms with Gasteiger partial charge in [0, 0.05) is 22.3 Å². The zero-order valence-corrected chi connectivity index (χ0v) is 26.0. The van der Waals surface area contributed by atoms with E-state index in [-0.39, 0.29) is 0 Å². The summed E-state index contributed by atoms with van der Waals surface area (Å²) >= 11 is 0. The van der Waals surface area contributed by atoms with Crippen LogP contribution < -0.4 is 0 Å². The van der Waals surface area contributed by atoms with E-state index in [1.54, 1.807) is 0 Å². The summed E-state index contributed by atoms with van der Waals surface area (Å²) in [4.78, 5) is 15.3. The summed E-state index contributed by atoms with van der Waals surface area (Å²) in [7, 11) is 0. The molecule has 0 spiro atoms. The van der Waals surface area contributed by atoms with E-state index in [1.807, 2.05) is 84.9 Å². The maximum Gasteiger partial charge on any atom is 0.0991 e. The molecule has 2 aromatic heterocycles. The lowest BCUT2D eigenvalue weighted by Crippen LogP contribution is -1.96. The van der Waals surface area contributed by atoms with Crippen molar-refractivity contribution in [3.8, 4) is 73.4 Å². The fraction of sp³-hybridized carbons (Fsp3) is 0. The topological polar surface area (TPSA) is 62.5 Å². The van der Waals surface area contributed by atoms with Crippen LogP contribution in [0.25, 0.3) is 78.3 Å². The minimum atomic E-state index is 0.641. The summed E-state index contributed by atoms with van der Waals surface area (Å²) in [6.45, 7) is 0. The maximum atomic E-state index is 9.36. The zero-order chi connectivity index (χ0) is 32.3. The molecule has 0 fully saturated rings. The van der Waals surface area contributed by atoms with Crippen LogP contribution in [0.15, 0.2) is 170 Å². The molecule has 8 aromatic rings. The standard InChI is InChI=1S/C44H28N4/c45-29-30-10-9-15-37(26-30)31-18-22-35(23-19-31)43-44(48-40-17-8-7-16-39(40)47-43)36-24-20-32(21-25-36)38-27-41(33-11-3-1-4-12-33)46-42(28-38)34-13-5-2-6-14-34/h1-28H. The molecule has 0 bridgehead atoms. The normalized spacial score (nSPS) is 10.9. The highest BCUT2D eigenvalue weighted by Crippen LogP contribution is 2.35. The Kier molecular flexibility index (Phi) is 7.54. The van der Waals surface area contributed by atoms with Crippen molar-refractivity contribution in [2.24, 2.45) is 0 Å². The molecular weight excluding hydrogens is 585 g/mol. The zero-order valence-electron chi connectivity index (χ0n) is 26.0. The summed E-state index contributed by atoms with van der Waals surface area (Å²) < 4.78 is 0. The number of para-hydroxylation sites is 2. The Balaban J connectivity index is 1.20. The van der Waals surface area contributed by atoms with Gasteiger partial charge < -0.3 is 0 Å². The first-order valence-corrected chi connectivity index (χ1v) is 15.8. The minimum absolute atomic E-state index is 0.641. The predicted molar refractivity (Wildman–Crippen MR) is 195 cm³/mol. The molecular formula is C44H28N4. The van der Waals surface area contributed by atoms with Crippen molar-refractivity contribution in [1.82, 2.24) is 15.0 Å². The minimum Gasteiger partial charge on any atom is -0.248 e. The molecule has 4 heteroatoms. The molecule has 0 radical (unpaired) electrons. The molecule has 0 saturated carbocycles. The highest BCUT2D eigenvalue weighted by atomic mass is 14.8.